The molecule has 0 aromatic heterocycles. The molecule has 1 rings (SSSR count). The number of hydrogen-bond acceptors (Lipinski definition) is 6. The van der Waals surface area contributed by atoms with Gasteiger partial charge >= 0.3 is 0 Å². The van der Waals surface area contributed by atoms with Crippen molar-refractivity contribution in [1.82, 2.24) is 0 Å². The van der Waals surface area contributed by atoms with E-state index in [9.17, 15) is 20.4 Å². The summed E-state index contributed by atoms with van der Waals surface area (Å²) in [5.74, 6) is -1.91. The fourth-order valence-electron chi connectivity index (χ4n) is 2.59. The number of ether oxygens (including phenoxy) is 1. The van der Waals surface area contributed by atoms with E-state index < -0.39 is 36.8 Å². The summed E-state index contributed by atoms with van der Waals surface area (Å²) < 4.78 is 5.19. The van der Waals surface area contributed by atoms with Crippen molar-refractivity contribution in [2.75, 3.05) is 6.61 Å². The zero-order valence-corrected chi connectivity index (χ0v) is 12.1. The summed E-state index contributed by atoms with van der Waals surface area (Å²) >= 11 is 0. The first-order chi connectivity index (χ1) is 9.46. The highest BCUT2D eigenvalue weighted by Gasteiger charge is 2.51. The van der Waals surface area contributed by atoms with Crippen molar-refractivity contribution >= 4 is 0 Å². The van der Waals surface area contributed by atoms with Gasteiger partial charge in [0.2, 0.25) is 0 Å². The van der Waals surface area contributed by atoms with E-state index in [0.29, 0.717) is 6.42 Å². The Hall–Kier alpha value is -0.240. The van der Waals surface area contributed by atoms with E-state index in [2.05, 4.69) is 6.92 Å². The third kappa shape index (κ3) is 4.38. The summed E-state index contributed by atoms with van der Waals surface area (Å²) in [6.45, 7) is 1.61. The smallest absolute Gasteiger partial charge is 0.195 e. The van der Waals surface area contributed by atoms with Crippen LogP contribution in [0.5, 0.6) is 0 Å². The lowest BCUT2D eigenvalue weighted by atomic mass is 9.89. The van der Waals surface area contributed by atoms with Gasteiger partial charge in [0.25, 0.3) is 0 Å². The zero-order valence-electron chi connectivity index (χ0n) is 12.1. The number of hydrogen-bond donors (Lipinski definition) is 5. The molecule has 5 N–H and O–H groups in total. The van der Waals surface area contributed by atoms with Crippen LogP contribution in [0, 0.1) is 0 Å². The maximum Gasteiger partial charge on any atom is 0.195 e. The highest BCUT2D eigenvalue weighted by atomic mass is 16.7. The van der Waals surface area contributed by atoms with Crippen LogP contribution in [0.25, 0.3) is 0 Å². The normalized spacial score (nSPS) is 38.1. The van der Waals surface area contributed by atoms with Crippen LogP contribution in [0.3, 0.4) is 0 Å². The summed E-state index contributed by atoms with van der Waals surface area (Å²) in [6, 6.07) is 0. The molecule has 0 aromatic carbocycles. The minimum absolute atomic E-state index is 0.167. The largest absolute Gasteiger partial charge is 0.394 e. The molecule has 6 heteroatoms. The van der Waals surface area contributed by atoms with E-state index >= 15 is 0 Å². The van der Waals surface area contributed by atoms with Crippen LogP contribution in [-0.2, 0) is 4.74 Å². The maximum absolute atomic E-state index is 10.3. The van der Waals surface area contributed by atoms with Gasteiger partial charge < -0.3 is 30.3 Å². The quantitative estimate of drug-likeness (QED) is 0.400. The van der Waals surface area contributed by atoms with Crippen LogP contribution in [0.2, 0.25) is 0 Å². The predicted octanol–water partition coefficient (Wildman–Crippen LogP) is -0.101. The van der Waals surface area contributed by atoms with Crippen LogP contribution >= 0.6 is 0 Å². The van der Waals surface area contributed by atoms with Gasteiger partial charge in [-0.1, -0.05) is 39.0 Å². The molecule has 1 fully saturated rings. The Balaban J connectivity index is 2.44. The molecule has 0 amide bonds. The first kappa shape index (κ1) is 17.8. The first-order valence-corrected chi connectivity index (χ1v) is 7.51. The second-order valence-electron chi connectivity index (χ2n) is 5.63. The van der Waals surface area contributed by atoms with Gasteiger partial charge in [0, 0.05) is 6.42 Å². The third-order valence-corrected chi connectivity index (χ3v) is 3.94. The molecule has 0 unspecified atom stereocenters. The highest BCUT2D eigenvalue weighted by Crippen LogP contribution is 2.32. The second kappa shape index (κ2) is 8.26. The Labute approximate surface area is 120 Å². The zero-order chi connectivity index (χ0) is 15.2. The van der Waals surface area contributed by atoms with Gasteiger partial charge in [0.05, 0.1) is 6.61 Å². The van der Waals surface area contributed by atoms with Gasteiger partial charge in [-0.25, -0.2) is 0 Å². The molecule has 20 heavy (non-hydrogen) atoms. The molecule has 1 saturated heterocycles. The molecule has 0 radical (unpaired) electrons. The number of aliphatic hydroxyl groups excluding tert-OH is 4. The predicted molar refractivity (Wildman–Crippen MR) is 72.9 cm³/mol. The molecular weight excluding hydrogens is 264 g/mol. The van der Waals surface area contributed by atoms with Crippen molar-refractivity contribution in [3.8, 4) is 0 Å². The average molecular weight is 292 g/mol. The summed E-state index contributed by atoms with van der Waals surface area (Å²) in [7, 11) is 0. The molecule has 0 saturated carbocycles. The summed E-state index contributed by atoms with van der Waals surface area (Å²) in [4.78, 5) is 0. The van der Waals surface area contributed by atoms with E-state index in [-0.39, 0.29) is 6.42 Å². The van der Waals surface area contributed by atoms with E-state index in [1.165, 1.54) is 6.42 Å². The molecule has 1 heterocycles. The van der Waals surface area contributed by atoms with Crippen LogP contribution in [0.1, 0.15) is 51.9 Å². The Bertz CT molecular complexity index is 272. The van der Waals surface area contributed by atoms with Gasteiger partial charge in [0.15, 0.2) is 5.79 Å². The van der Waals surface area contributed by atoms with E-state index in [0.717, 1.165) is 25.7 Å². The van der Waals surface area contributed by atoms with Crippen molar-refractivity contribution in [2.45, 2.75) is 82.1 Å². The number of aliphatic hydroxyl groups is 5. The van der Waals surface area contributed by atoms with Crippen molar-refractivity contribution in [1.29, 1.82) is 0 Å². The molecule has 1 aliphatic rings. The van der Waals surface area contributed by atoms with Crippen LogP contribution in [0.15, 0.2) is 0 Å². The monoisotopic (exact) mass is 292 g/mol. The van der Waals surface area contributed by atoms with Crippen molar-refractivity contribution in [2.24, 2.45) is 0 Å². The maximum atomic E-state index is 10.3. The van der Waals surface area contributed by atoms with Crippen LogP contribution in [-0.4, -0.2) is 62.3 Å². The lowest BCUT2D eigenvalue weighted by Gasteiger charge is -2.45. The second-order valence-corrected chi connectivity index (χ2v) is 5.63. The Kier molecular flexibility index (Phi) is 7.36. The average Bonchev–Trinajstić information content (AvgIpc) is 2.45. The fourth-order valence-corrected chi connectivity index (χ4v) is 2.59. The van der Waals surface area contributed by atoms with E-state index in [4.69, 9.17) is 9.84 Å². The number of rotatable bonds is 8. The molecule has 0 aliphatic carbocycles. The fraction of sp³-hybridized carbons (Fsp3) is 1.00. The van der Waals surface area contributed by atoms with Crippen molar-refractivity contribution in [3.05, 3.63) is 0 Å². The van der Waals surface area contributed by atoms with Gasteiger partial charge in [-0.2, -0.15) is 0 Å². The number of unbranched alkanes of at least 4 members (excludes halogenated alkanes) is 5. The summed E-state index contributed by atoms with van der Waals surface area (Å²) in [5.41, 5.74) is 0. The molecule has 5 atom stereocenters. The highest BCUT2D eigenvalue weighted by molar-refractivity contribution is 4.95. The Morgan fingerprint density at radius 2 is 1.55 bits per heavy atom. The van der Waals surface area contributed by atoms with Crippen LogP contribution in [0.4, 0.5) is 0 Å². The molecule has 6 nitrogen and oxygen atoms in total. The van der Waals surface area contributed by atoms with Gasteiger partial charge in [-0.15, -0.1) is 0 Å². The van der Waals surface area contributed by atoms with Crippen molar-refractivity contribution < 1.29 is 30.3 Å². The van der Waals surface area contributed by atoms with Crippen molar-refractivity contribution in [3.63, 3.8) is 0 Å². The summed E-state index contributed by atoms with van der Waals surface area (Å²) in [6.07, 6.45) is 0.669. The minimum Gasteiger partial charge on any atom is -0.394 e. The lowest BCUT2D eigenvalue weighted by molar-refractivity contribution is -0.351. The minimum atomic E-state index is -1.91. The van der Waals surface area contributed by atoms with Gasteiger partial charge in [0.1, 0.15) is 24.4 Å². The van der Waals surface area contributed by atoms with E-state index in [1.54, 1.807) is 0 Å². The molecule has 0 spiro atoms. The topological polar surface area (TPSA) is 110 Å². The third-order valence-electron chi connectivity index (χ3n) is 3.94. The molecule has 120 valence electrons. The Morgan fingerprint density at radius 3 is 2.15 bits per heavy atom. The molecule has 1 aliphatic heterocycles. The van der Waals surface area contributed by atoms with E-state index in [1.807, 2.05) is 0 Å². The Morgan fingerprint density at radius 1 is 0.950 bits per heavy atom. The summed E-state index contributed by atoms with van der Waals surface area (Å²) in [5, 5.41) is 48.5. The standard InChI is InChI=1S/C14H28O6/c1-2-3-4-5-6-7-8-14(19)13(18)12(17)11(16)10(9-15)20-14/h10-13,15-19H,2-9H2,1H3/t10-,11-,12+,13-,14-/m1/s1. The SMILES string of the molecule is CCCCCCCC[C@@]1(O)O[C@H](CO)[C@@H](O)[C@H](O)[C@H]1O. The molecule has 0 bridgehead atoms. The van der Waals surface area contributed by atoms with Gasteiger partial charge in [-0.3, -0.25) is 0 Å². The van der Waals surface area contributed by atoms with Crippen LogP contribution < -0.4 is 0 Å². The lowest BCUT2D eigenvalue weighted by Crippen LogP contribution is -2.65. The first-order valence-electron chi connectivity index (χ1n) is 7.51. The molecular formula is C14H28O6. The molecule has 0 aromatic rings. The van der Waals surface area contributed by atoms with Gasteiger partial charge in [-0.05, 0) is 6.42 Å².